The molecule has 0 spiro atoms. The predicted octanol–water partition coefficient (Wildman–Crippen LogP) is 3.39. The number of benzene rings is 3. The molecule has 186 valence electrons. The number of oxime groups is 1. The normalized spacial score (nSPS) is 16.9. The lowest BCUT2D eigenvalue weighted by Crippen LogP contribution is -2.45. The number of amides is 2. The van der Waals surface area contributed by atoms with E-state index >= 15 is 0 Å². The summed E-state index contributed by atoms with van der Waals surface area (Å²) in [7, 11) is 0. The van der Waals surface area contributed by atoms with Crippen molar-refractivity contribution in [3.05, 3.63) is 95.1 Å². The van der Waals surface area contributed by atoms with Gasteiger partial charge in [-0.15, -0.1) is 0 Å². The summed E-state index contributed by atoms with van der Waals surface area (Å²) in [6, 6.07) is 22.7. The number of ether oxygens (including phenoxy) is 2. The summed E-state index contributed by atoms with van der Waals surface area (Å²) >= 11 is 0. The van der Waals surface area contributed by atoms with Crippen LogP contribution >= 0.6 is 0 Å². The van der Waals surface area contributed by atoms with Crippen molar-refractivity contribution in [2.24, 2.45) is 5.16 Å². The molecule has 5 rings (SSSR count). The molecule has 2 amide bonds. The molecule has 2 aliphatic rings. The van der Waals surface area contributed by atoms with Crippen LogP contribution in [0.15, 0.2) is 78.0 Å². The van der Waals surface area contributed by atoms with Crippen LogP contribution in [0, 0.1) is 11.3 Å². The van der Waals surface area contributed by atoms with Crippen LogP contribution in [-0.2, 0) is 22.8 Å². The van der Waals surface area contributed by atoms with Crippen LogP contribution in [0.5, 0.6) is 11.5 Å². The van der Waals surface area contributed by atoms with Crippen LogP contribution < -0.4 is 14.8 Å². The number of carbonyl (C=O) groups is 2. The maximum atomic E-state index is 13.3. The topological polar surface area (TPSA) is 113 Å². The highest BCUT2D eigenvalue weighted by Gasteiger charge is 2.38. The van der Waals surface area contributed by atoms with Crippen molar-refractivity contribution >= 4 is 17.5 Å². The van der Waals surface area contributed by atoms with Crippen molar-refractivity contribution in [1.29, 1.82) is 5.26 Å². The van der Waals surface area contributed by atoms with E-state index in [2.05, 4.69) is 10.5 Å². The fourth-order valence-corrected chi connectivity index (χ4v) is 4.20. The molecule has 3 aromatic carbocycles. The van der Waals surface area contributed by atoms with Gasteiger partial charge in [-0.1, -0.05) is 41.6 Å². The first-order chi connectivity index (χ1) is 18.1. The zero-order valence-corrected chi connectivity index (χ0v) is 19.9. The Kier molecular flexibility index (Phi) is 6.99. The Hall–Kier alpha value is -4.84. The lowest BCUT2D eigenvalue weighted by Gasteiger charge is -2.23. The van der Waals surface area contributed by atoms with Crippen molar-refractivity contribution in [2.75, 3.05) is 13.3 Å². The SMILES string of the molecule is N#Cc1ccc(C(=O)N2C/C(=N/OCc3ccccc3)C[C@H]2C(=O)NCc2ccc3c(c2)OCO3)cc1. The van der Waals surface area contributed by atoms with Gasteiger partial charge in [0.15, 0.2) is 11.5 Å². The predicted molar refractivity (Wildman–Crippen MR) is 134 cm³/mol. The molecule has 9 heteroatoms. The average Bonchev–Trinajstić information content (AvgIpc) is 3.59. The van der Waals surface area contributed by atoms with E-state index < -0.39 is 6.04 Å². The lowest BCUT2D eigenvalue weighted by atomic mass is 10.1. The lowest BCUT2D eigenvalue weighted by molar-refractivity contribution is -0.124. The molecule has 2 aliphatic heterocycles. The van der Waals surface area contributed by atoms with Gasteiger partial charge < -0.3 is 24.5 Å². The van der Waals surface area contributed by atoms with Crippen LogP contribution in [0.4, 0.5) is 0 Å². The summed E-state index contributed by atoms with van der Waals surface area (Å²) in [5.41, 5.74) is 3.25. The molecule has 1 fully saturated rings. The Balaban J connectivity index is 1.29. The summed E-state index contributed by atoms with van der Waals surface area (Å²) in [4.78, 5) is 33.6. The number of nitrogens with one attached hydrogen (secondary N) is 1. The largest absolute Gasteiger partial charge is 0.454 e. The van der Waals surface area contributed by atoms with Gasteiger partial charge in [0.05, 0.1) is 23.9 Å². The van der Waals surface area contributed by atoms with Gasteiger partial charge in [0.25, 0.3) is 5.91 Å². The van der Waals surface area contributed by atoms with Gasteiger partial charge in [0, 0.05) is 18.5 Å². The Morgan fingerprint density at radius 2 is 1.81 bits per heavy atom. The summed E-state index contributed by atoms with van der Waals surface area (Å²) < 4.78 is 10.7. The van der Waals surface area contributed by atoms with Gasteiger partial charge in [-0.3, -0.25) is 9.59 Å². The van der Waals surface area contributed by atoms with Crippen molar-refractivity contribution in [3.8, 4) is 17.6 Å². The van der Waals surface area contributed by atoms with Crippen molar-refractivity contribution in [3.63, 3.8) is 0 Å². The second-order valence-electron chi connectivity index (χ2n) is 8.66. The smallest absolute Gasteiger partial charge is 0.254 e. The van der Waals surface area contributed by atoms with E-state index in [1.807, 2.05) is 48.5 Å². The molecule has 3 aromatic rings. The Bertz CT molecular complexity index is 1370. The highest BCUT2D eigenvalue weighted by Crippen LogP contribution is 2.32. The minimum atomic E-state index is -0.753. The zero-order chi connectivity index (χ0) is 25.6. The third-order valence-electron chi connectivity index (χ3n) is 6.15. The van der Waals surface area contributed by atoms with E-state index in [4.69, 9.17) is 19.6 Å². The molecule has 9 nitrogen and oxygen atoms in total. The average molecular weight is 497 g/mol. The summed E-state index contributed by atoms with van der Waals surface area (Å²) in [5.74, 6) is 0.686. The quantitative estimate of drug-likeness (QED) is 0.502. The third-order valence-corrected chi connectivity index (χ3v) is 6.15. The molecule has 37 heavy (non-hydrogen) atoms. The second-order valence-corrected chi connectivity index (χ2v) is 8.66. The standard InChI is InChI=1S/C28H24N4O5/c29-14-19-6-9-22(10-7-19)28(34)32-16-23(31-37-17-20-4-2-1-3-5-20)13-24(32)27(33)30-15-21-8-11-25-26(12-21)36-18-35-25/h1-12,24H,13,15-18H2,(H,30,33)/b31-23+/t24-/m0/s1. The minimum Gasteiger partial charge on any atom is -0.454 e. The van der Waals surface area contributed by atoms with Crippen molar-refractivity contribution in [1.82, 2.24) is 10.2 Å². The van der Waals surface area contributed by atoms with E-state index in [1.165, 1.54) is 4.90 Å². The van der Waals surface area contributed by atoms with Gasteiger partial charge in [-0.2, -0.15) is 5.26 Å². The van der Waals surface area contributed by atoms with E-state index in [0.717, 1.165) is 11.1 Å². The molecule has 0 bridgehead atoms. The molecule has 2 heterocycles. The van der Waals surface area contributed by atoms with E-state index in [0.29, 0.717) is 28.3 Å². The molecule has 1 saturated heterocycles. The molecule has 1 N–H and O–H groups in total. The van der Waals surface area contributed by atoms with E-state index in [1.54, 1.807) is 30.3 Å². The molecule has 0 radical (unpaired) electrons. The van der Waals surface area contributed by atoms with Gasteiger partial charge in [0.2, 0.25) is 12.7 Å². The number of carbonyl (C=O) groups excluding carboxylic acids is 2. The Morgan fingerprint density at radius 3 is 2.59 bits per heavy atom. The first-order valence-electron chi connectivity index (χ1n) is 11.8. The molecule has 1 atom stereocenters. The number of nitrogens with zero attached hydrogens (tertiary/aromatic N) is 3. The van der Waals surface area contributed by atoms with E-state index in [-0.39, 0.29) is 44.7 Å². The maximum Gasteiger partial charge on any atom is 0.254 e. The monoisotopic (exact) mass is 496 g/mol. The number of hydrogen-bond donors (Lipinski definition) is 1. The van der Waals surface area contributed by atoms with Gasteiger partial charge >= 0.3 is 0 Å². The van der Waals surface area contributed by atoms with Gasteiger partial charge in [0.1, 0.15) is 12.6 Å². The maximum absolute atomic E-state index is 13.3. The van der Waals surface area contributed by atoms with Crippen LogP contribution in [0.25, 0.3) is 0 Å². The van der Waals surface area contributed by atoms with Crippen molar-refractivity contribution < 1.29 is 23.9 Å². The fraction of sp³-hybridized carbons (Fsp3) is 0.214. The summed E-state index contributed by atoms with van der Waals surface area (Å²) in [5, 5.41) is 16.2. The Labute approximate surface area is 213 Å². The summed E-state index contributed by atoms with van der Waals surface area (Å²) in [6.45, 7) is 0.889. The van der Waals surface area contributed by atoms with Crippen LogP contribution in [0.1, 0.15) is 33.5 Å². The molecule has 0 aliphatic carbocycles. The highest BCUT2D eigenvalue weighted by atomic mass is 16.7. The number of rotatable bonds is 7. The Morgan fingerprint density at radius 1 is 1.03 bits per heavy atom. The molecular formula is C28H24N4O5. The number of likely N-dealkylation sites (tertiary alicyclic amines) is 1. The molecule has 0 aromatic heterocycles. The molecule has 0 saturated carbocycles. The van der Waals surface area contributed by atoms with Crippen molar-refractivity contribution in [2.45, 2.75) is 25.6 Å². The summed E-state index contributed by atoms with van der Waals surface area (Å²) in [6.07, 6.45) is 0.254. The zero-order valence-electron chi connectivity index (χ0n) is 19.9. The van der Waals surface area contributed by atoms with E-state index in [9.17, 15) is 9.59 Å². The fourth-order valence-electron chi connectivity index (χ4n) is 4.20. The third kappa shape index (κ3) is 5.54. The highest BCUT2D eigenvalue weighted by molar-refractivity contribution is 6.05. The second kappa shape index (κ2) is 10.8. The molecular weight excluding hydrogens is 472 g/mol. The minimum absolute atomic E-state index is 0.162. The van der Waals surface area contributed by atoms with Crippen LogP contribution in [0.3, 0.4) is 0 Å². The first-order valence-corrected chi connectivity index (χ1v) is 11.8. The number of nitriles is 1. The number of hydrogen-bond acceptors (Lipinski definition) is 7. The van der Waals surface area contributed by atoms with Gasteiger partial charge in [-0.25, -0.2) is 0 Å². The first kappa shape index (κ1) is 23.9. The number of fused-ring (bicyclic) bond motifs is 1. The molecule has 0 unspecified atom stereocenters. The van der Waals surface area contributed by atoms with Crippen LogP contribution in [0.2, 0.25) is 0 Å². The van der Waals surface area contributed by atoms with Crippen LogP contribution in [-0.4, -0.2) is 41.8 Å². The van der Waals surface area contributed by atoms with Gasteiger partial charge in [-0.05, 0) is 47.5 Å².